The second-order valence-electron chi connectivity index (χ2n) is 11.6. The van der Waals surface area contributed by atoms with Gasteiger partial charge in [0.15, 0.2) is 5.71 Å². The lowest BCUT2D eigenvalue weighted by molar-refractivity contribution is -0.401. The first-order valence-corrected chi connectivity index (χ1v) is 14.4. The summed E-state index contributed by atoms with van der Waals surface area (Å²) in [7, 11) is 2.17. The lowest BCUT2D eigenvalue weighted by Crippen LogP contribution is -2.26. The zero-order valence-corrected chi connectivity index (χ0v) is 23.8. The molecule has 200 valence electrons. The van der Waals surface area contributed by atoms with Crippen molar-refractivity contribution in [1.29, 1.82) is 0 Å². The average Bonchev–Trinajstić information content (AvgIpc) is 3.54. The number of hydrogen-bond donors (Lipinski definition) is 0. The molecule has 3 heteroatoms. The van der Waals surface area contributed by atoms with Crippen LogP contribution in [-0.2, 0) is 5.41 Å². The average molecular weight is 533 g/mol. The Kier molecular flexibility index (Phi) is 6.16. The van der Waals surface area contributed by atoms with E-state index in [9.17, 15) is 0 Å². The number of para-hydroxylation sites is 1. The van der Waals surface area contributed by atoms with Gasteiger partial charge in [0.1, 0.15) is 7.05 Å². The Labute approximate surface area is 242 Å². The highest BCUT2D eigenvalue weighted by atomic mass is 15.5. The molecule has 0 saturated carbocycles. The number of hydrazone groups is 1. The Morgan fingerprint density at radius 3 is 2.24 bits per heavy atom. The molecule has 5 aromatic rings. The van der Waals surface area contributed by atoms with E-state index < -0.39 is 0 Å². The van der Waals surface area contributed by atoms with E-state index >= 15 is 0 Å². The monoisotopic (exact) mass is 532 g/mol. The van der Waals surface area contributed by atoms with Crippen LogP contribution in [-0.4, -0.2) is 23.0 Å². The molecule has 0 amide bonds. The molecule has 5 aromatic carbocycles. The summed E-state index contributed by atoms with van der Waals surface area (Å²) < 4.78 is 2.32. The summed E-state index contributed by atoms with van der Waals surface area (Å²) in [4.78, 5) is 0. The maximum absolute atomic E-state index is 5.20. The fraction of sp³-hybridized carbons (Fsp3) is 0.158. The lowest BCUT2D eigenvalue weighted by atomic mass is 9.81. The Hall–Kier alpha value is -4.76. The van der Waals surface area contributed by atoms with Crippen LogP contribution in [0.2, 0.25) is 0 Å². The molecule has 2 heterocycles. The molecule has 41 heavy (non-hydrogen) atoms. The van der Waals surface area contributed by atoms with Crippen LogP contribution in [0, 0.1) is 0 Å². The van der Waals surface area contributed by atoms with Gasteiger partial charge in [0.25, 0.3) is 0 Å². The van der Waals surface area contributed by atoms with Crippen molar-refractivity contribution in [2.75, 3.05) is 12.1 Å². The fourth-order valence-electron chi connectivity index (χ4n) is 6.44. The van der Waals surface area contributed by atoms with Gasteiger partial charge in [0.05, 0.1) is 22.9 Å². The van der Waals surface area contributed by atoms with E-state index in [-0.39, 0.29) is 11.5 Å². The van der Waals surface area contributed by atoms with Gasteiger partial charge in [-0.25, -0.2) is 0 Å². The van der Waals surface area contributed by atoms with Crippen LogP contribution in [0.4, 0.5) is 11.4 Å². The number of anilines is 1. The summed E-state index contributed by atoms with van der Waals surface area (Å²) >= 11 is 0. The minimum absolute atomic E-state index is 0.0336. The highest BCUT2D eigenvalue weighted by molar-refractivity contribution is 6.06. The number of hydrogen-bond acceptors (Lipinski definition) is 2. The number of benzene rings is 5. The molecule has 2 aliphatic heterocycles. The van der Waals surface area contributed by atoms with Crippen molar-refractivity contribution >= 4 is 39.6 Å². The SMILES string of the molecule is C[N+]1=C(C=Cc2ccc(N3N=C(c4ccc5ccccc5c4)CC3c3ccccc3)cc2)C(C)(C)c2ccccc21. The van der Waals surface area contributed by atoms with Crippen LogP contribution in [0.1, 0.15) is 48.6 Å². The third-order valence-electron chi connectivity index (χ3n) is 8.71. The van der Waals surface area contributed by atoms with Gasteiger partial charge in [-0.15, -0.1) is 0 Å². The van der Waals surface area contributed by atoms with Crippen molar-refractivity contribution in [2.45, 2.75) is 31.7 Å². The van der Waals surface area contributed by atoms with Gasteiger partial charge in [0, 0.05) is 24.1 Å². The van der Waals surface area contributed by atoms with Crippen molar-refractivity contribution in [3.63, 3.8) is 0 Å². The normalized spacial score (nSPS) is 17.9. The van der Waals surface area contributed by atoms with E-state index in [1.807, 2.05) is 0 Å². The van der Waals surface area contributed by atoms with Gasteiger partial charge < -0.3 is 0 Å². The third kappa shape index (κ3) is 4.48. The molecular formula is C38H34N3+. The molecule has 0 bridgehead atoms. The number of allylic oxidation sites excluding steroid dienone is 1. The Bertz CT molecular complexity index is 1840. The van der Waals surface area contributed by atoms with Gasteiger partial charge in [-0.2, -0.15) is 9.68 Å². The summed E-state index contributed by atoms with van der Waals surface area (Å²) in [6.07, 6.45) is 5.36. The van der Waals surface area contributed by atoms with Gasteiger partial charge in [0.2, 0.25) is 5.69 Å². The maximum Gasteiger partial charge on any atom is 0.209 e. The highest BCUT2D eigenvalue weighted by Gasteiger charge is 2.42. The molecule has 3 nitrogen and oxygen atoms in total. The minimum atomic E-state index is -0.0336. The second kappa shape index (κ2) is 10.0. The Balaban J connectivity index is 1.19. The van der Waals surface area contributed by atoms with Crippen molar-refractivity contribution in [3.05, 3.63) is 150 Å². The molecule has 0 spiro atoms. The van der Waals surface area contributed by atoms with Crippen LogP contribution < -0.4 is 5.01 Å². The van der Waals surface area contributed by atoms with E-state index in [0.29, 0.717) is 0 Å². The Morgan fingerprint density at radius 2 is 1.46 bits per heavy atom. The second-order valence-corrected chi connectivity index (χ2v) is 11.6. The van der Waals surface area contributed by atoms with Crippen LogP contribution in [0.15, 0.2) is 133 Å². The molecule has 2 aliphatic rings. The molecule has 0 N–H and O–H groups in total. The first kappa shape index (κ1) is 25.2. The van der Waals surface area contributed by atoms with Crippen LogP contribution in [0.25, 0.3) is 16.8 Å². The Morgan fingerprint density at radius 1 is 0.756 bits per heavy atom. The van der Waals surface area contributed by atoms with E-state index in [4.69, 9.17) is 5.10 Å². The van der Waals surface area contributed by atoms with E-state index in [0.717, 1.165) is 17.8 Å². The molecular weight excluding hydrogens is 498 g/mol. The zero-order chi connectivity index (χ0) is 28.0. The summed E-state index contributed by atoms with van der Waals surface area (Å²) in [5.41, 5.74) is 9.79. The third-order valence-corrected chi connectivity index (χ3v) is 8.71. The summed E-state index contributed by atoms with van der Waals surface area (Å²) in [6, 6.07) is 43.6. The topological polar surface area (TPSA) is 18.6 Å². The predicted octanol–water partition coefficient (Wildman–Crippen LogP) is 8.91. The van der Waals surface area contributed by atoms with Crippen molar-refractivity contribution in [3.8, 4) is 0 Å². The van der Waals surface area contributed by atoms with Crippen LogP contribution in [0.5, 0.6) is 0 Å². The van der Waals surface area contributed by atoms with E-state index in [2.05, 4.69) is 164 Å². The first-order valence-electron chi connectivity index (χ1n) is 14.4. The van der Waals surface area contributed by atoms with Crippen LogP contribution in [0.3, 0.4) is 0 Å². The standard InChI is InChI=1S/C38H34N3/c1-38(2)33-15-9-10-16-35(33)40(3)37(38)24-19-27-17-22-32(23-18-27)41-36(29-12-5-4-6-13-29)26-34(39-41)31-21-20-28-11-7-8-14-30(28)25-31/h4-25,36H,26H2,1-3H3/q+1. The molecule has 0 aromatic heterocycles. The molecule has 0 saturated heterocycles. The van der Waals surface area contributed by atoms with E-state index in [1.54, 1.807) is 0 Å². The summed E-state index contributed by atoms with van der Waals surface area (Å²) in [6.45, 7) is 4.61. The van der Waals surface area contributed by atoms with Gasteiger partial charge in [-0.3, -0.25) is 5.01 Å². The zero-order valence-electron chi connectivity index (χ0n) is 23.8. The fourth-order valence-corrected chi connectivity index (χ4v) is 6.44. The van der Waals surface area contributed by atoms with Gasteiger partial charge >= 0.3 is 0 Å². The van der Waals surface area contributed by atoms with Crippen molar-refractivity contribution < 1.29 is 4.58 Å². The summed E-state index contributed by atoms with van der Waals surface area (Å²) in [5.74, 6) is 0. The molecule has 0 radical (unpaired) electrons. The van der Waals surface area contributed by atoms with Gasteiger partial charge in [-0.05, 0) is 65.6 Å². The molecule has 1 unspecified atom stereocenters. The number of fused-ring (bicyclic) bond motifs is 2. The lowest BCUT2D eigenvalue weighted by Gasteiger charge is -2.24. The van der Waals surface area contributed by atoms with Gasteiger partial charge in [-0.1, -0.05) is 97.1 Å². The molecule has 1 atom stereocenters. The molecule has 0 fully saturated rings. The molecule has 7 rings (SSSR count). The summed E-state index contributed by atoms with van der Waals surface area (Å²) in [5, 5.41) is 9.91. The van der Waals surface area contributed by atoms with E-state index in [1.165, 1.54) is 44.4 Å². The first-order chi connectivity index (χ1) is 20.0. The number of rotatable bonds is 5. The smallest absolute Gasteiger partial charge is 0.209 e. The molecule has 0 aliphatic carbocycles. The number of nitrogens with zero attached hydrogens (tertiary/aromatic N) is 3. The van der Waals surface area contributed by atoms with Crippen molar-refractivity contribution in [1.82, 2.24) is 0 Å². The largest absolute Gasteiger partial charge is 0.257 e. The highest BCUT2D eigenvalue weighted by Crippen LogP contribution is 2.40. The maximum atomic E-state index is 5.20. The van der Waals surface area contributed by atoms with Crippen molar-refractivity contribution in [2.24, 2.45) is 5.10 Å². The predicted molar refractivity (Wildman–Crippen MR) is 173 cm³/mol. The minimum Gasteiger partial charge on any atom is -0.257 e. The quantitative estimate of drug-likeness (QED) is 0.207. The van der Waals surface area contributed by atoms with Crippen LogP contribution >= 0.6 is 0 Å².